The smallest absolute Gasteiger partial charge is 0.339 e. The van der Waals surface area contributed by atoms with Gasteiger partial charge in [0.05, 0.1) is 11.9 Å². The molecule has 0 bridgehead atoms. The molecule has 76 valence electrons. The third kappa shape index (κ3) is 1.59. The van der Waals surface area contributed by atoms with Crippen LogP contribution in [0.2, 0.25) is 0 Å². The number of aromatic carboxylic acids is 1. The van der Waals surface area contributed by atoms with Crippen LogP contribution in [-0.2, 0) is 0 Å². The third-order valence-corrected chi connectivity index (χ3v) is 2.16. The van der Waals surface area contributed by atoms with E-state index in [0.29, 0.717) is 5.69 Å². The first kappa shape index (κ1) is 9.39. The first-order valence-electron chi connectivity index (χ1n) is 4.38. The van der Waals surface area contributed by atoms with Gasteiger partial charge in [-0.25, -0.2) is 4.79 Å². The lowest BCUT2D eigenvalue weighted by molar-refractivity contribution is 0.0698. The van der Waals surface area contributed by atoms with Crippen molar-refractivity contribution in [3.8, 4) is 11.3 Å². The van der Waals surface area contributed by atoms with Gasteiger partial charge in [0, 0.05) is 18.0 Å². The number of H-pyrrole nitrogens is 1. The van der Waals surface area contributed by atoms with Crippen molar-refractivity contribution in [2.75, 3.05) is 0 Å². The number of nitrogens with one attached hydrogen (secondary N) is 1. The van der Waals surface area contributed by atoms with Crippen molar-refractivity contribution in [3.63, 3.8) is 0 Å². The van der Waals surface area contributed by atoms with Crippen molar-refractivity contribution in [1.29, 1.82) is 0 Å². The molecule has 15 heavy (non-hydrogen) atoms. The number of aryl methyl sites for hydroxylation is 1. The molecule has 0 radical (unpaired) electrons. The molecule has 0 amide bonds. The van der Waals surface area contributed by atoms with E-state index in [1.165, 1.54) is 6.20 Å². The number of carbonyl (C=O) groups is 1. The minimum Gasteiger partial charge on any atom is -0.478 e. The van der Waals surface area contributed by atoms with Gasteiger partial charge >= 0.3 is 5.97 Å². The van der Waals surface area contributed by atoms with E-state index < -0.39 is 5.97 Å². The summed E-state index contributed by atoms with van der Waals surface area (Å²) < 4.78 is 0. The topological polar surface area (TPSA) is 78.9 Å². The summed E-state index contributed by atoms with van der Waals surface area (Å²) in [5.41, 5.74) is 2.40. The lowest BCUT2D eigenvalue weighted by Gasteiger charge is -2.02. The van der Waals surface area contributed by atoms with E-state index in [2.05, 4.69) is 15.2 Å². The summed E-state index contributed by atoms with van der Waals surface area (Å²) in [6.07, 6.45) is 4.61. The van der Waals surface area contributed by atoms with Gasteiger partial charge in [0.1, 0.15) is 5.56 Å². The van der Waals surface area contributed by atoms with Gasteiger partial charge in [-0.3, -0.25) is 10.1 Å². The van der Waals surface area contributed by atoms with Crippen LogP contribution < -0.4 is 0 Å². The van der Waals surface area contributed by atoms with E-state index in [0.717, 1.165) is 11.1 Å². The van der Waals surface area contributed by atoms with Crippen LogP contribution >= 0.6 is 0 Å². The number of hydrogen-bond donors (Lipinski definition) is 2. The summed E-state index contributed by atoms with van der Waals surface area (Å²) in [7, 11) is 0. The highest BCUT2D eigenvalue weighted by molar-refractivity contribution is 5.94. The zero-order valence-electron chi connectivity index (χ0n) is 8.06. The Morgan fingerprint density at radius 1 is 1.47 bits per heavy atom. The van der Waals surface area contributed by atoms with Gasteiger partial charge in [0.2, 0.25) is 0 Å². The quantitative estimate of drug-likeness (QED) is 0.774. The minimum atomic E-state index is -0.991. The van der Waals surface area contributed by atoms with E-state index in [1.54, 1.807) is 18.5 Å². The number of hydrogen-bond acceptors (Lipinski definition) is 3. The normalized spacial score (nSPS) is 10.2. The zero-order chi connectivity index (χ0) is 10.8. The van der Waals surface area contributed by atoms with E-state index in [-0.39, 0.29) is 5.56 Å². The van der Waals surface area contributed by atoms with Crippen molar-refractivity contribution in [2.45, 2.75) is 6.92 Å². The second-order valence-corrected chi connectivity index (χ2v) is 3.15. The largest absolute Gasteiger partial charge is 0.478 e. The second-order valence-electron chi connectivity index (χ2n) is 3.15. The fourth-order valence-electron chi connectivity index (χ4n) is 1.41. The van der Waals surface area contributed by atoms with Crippen molar-refractivity contribution in [3.05, 3.63) is 35.8 Å². The highest BCUT2D eigenvalue weighted by atomic mass is 16.4. The molecule has 0 spiro atoms. The molecule has 0 atom stereocenters. The van der Waals surface area contributed by atoms with Gasteiger partial charge in [-0.2, -0.15) is 5.10 Å². The average molecular weight is 203 g/mol. The molecule has 0 unspecified atom stereocenters. The molecule has 5 heteroatoms. The Kier molecular flexibility index (Phi) is 2.21. The summed E-state index contributed by atoms with van der Waals surface area (Å²) >= 11 is 0. The number of carboxylic acids is 1. The highest BCUT2D eigenvalue weighted by Gasteiger charge is 2.14. The molecule has 0 aromatic carbocycles. The van der Waals surface area contributed by atoms with Crippen LogP contribution in [0.3, 0.4) is 0 Å². The van der Waals surface area contributed by atoms with E-state index in [4.69, 9.17) is 5.11 Å². The number of aromatic amines is 1. The molecule has 0 aliphatic carbocycles. The van der Waals surface area contributed by atoms with Crippen molar-refractivity contribution in [1.82, 2.24) is 15.2 Å². The lowest BCUT2D eigenvalue weighted by atomic mass is 10.1. The van der Waals surface area contributed by atoms with Crippen LogP contribution in [0.5, 0.6) is 0 Å². The van der Waals surface area contributed by atoms with Crippen LogP contribution in [0.4, 0.5) is 0 Å². The predicted molar refractivity (Wildman–Crippen MR) is 53.5 cm³/mol. The van der Waals surface area contributed by atoms with Crippen molar-refractivity contribution in [2.24, 2.45) is 0 Å². The Hall–Kier alpha value is -2.17. The summed E-state index contributed by atoms with van der Waals surface area (Å²) in [4.78, 5) is 14.8. The monoisotopic (exact) mass is 203 g/mol. The standard InChI is InChI=1S/C10H9N3O2/c1-6-4-11-3-2-7(6)9-8(10(14)15)5-12-13-9/h2-5H,1H3,(H,12,13)(H,14,15). The molecule has 5 nitrogen and oxygen atoms in total. The molecule has 0 aliphatic heterocycles. The number of nitrogens with zero attached hydrogens (tertiary/aromatic N) is 2. The first-order valence-corrected chi connectivity index (χ1v) is 4.38. The Bertz CT molecular complexity index is 505. The molecule has 2 heterocycles. The number of pyridine rings is 1. The lowest BCUT2D eigenvalue weighted by Crippen LogP contribution is -1.97. The van der Waals surface area contributed by atoms with Crippen LogP contribution in [0.25, 0.3) is 11.3 Å². The fourth-order valence-corrected chi connectivity index (χ4v) is 1.41. The summed E-state index contributed by atoms with van der Waals surface area (Å²) in [6, 6.07) is 1.76. The molecule has 2 aromatic heterocycles. The molecule has 2 aromatic rings. The molecule has 0 aliphatic rings. The van der Waals surface area contributed by atoms with Gasteiger partial charge in [-0.1, -0.05) is 0 Å². The molecular weight excluding hydrogens is 194 g/mol. The van der Waals surface area contributed by atoms with Gasteiger partial charge in [0.25, 0.3) is 0 Å². The second kappa shape index (κ2) is 3.53. The third-order valence-electron chi connectivity index (χ3n) is 2.16. The maximum absolute atomic E-state index is 10.9. The average Bonchev–Trinajstić information content (AvgIpc) is 2.67. The van der Waals surface area contributed by atoms with Crippen LogP contribution in [0.15, 0.2) is 24.7 Å². The summed E-state index contributed by atoms with van der Waals surface area (Å²) in [5.74, 6) is -0.991. The van der Waals surface area contributed by atoms with Crippen molar-refractivity contribution < 1.29 is 9.90 Å². The maximum Gasteiger partial charge on any atom is 0.339 e. The molecule has 0 saturated carbocycles. The van der Waals surface area contributed by atoms with Gasteiger partial charge in [0.15, 0.2) is 0 Å². The predicted octanol–water partition coefficient (Wildman–Crippen LogP) is 1.48. The van der Waals surface area contributed by atoms with E-state index >= 15 is 0 Å². The fraction of sp³-hybridized carbons (Fsp3) is 0.100. The first-order chi connectivity index (χ1) is 7.20. The van der Waals surface area contributed by atoms with Crippen LogP contribution in [-0.4, -0.2) is 26.3 Å². The minimum absolute atomic E-state index is 0.171. The van der Waals surface area contributed by atoms with E-state index in [1.807, 2.05) is 6.92 Å². The zero-order valence-corrected chi connectivity index (χ0v) is 8.06. The summed E-state index contributed by atoms with van der Waals surface area (Å²) in [5, 5.41) is 15.4. The molecule has 2 N–H and O–H groups in total. The molecule has 0 fully saturated rings. The molecule has 2 rings (SSSR count). The Balaban J connectivity index is 2.59. The SMILES string of the molecule is Cc1cnccc1-c1[nH]ncc1C(=O)O. The Morgan fingerprint density at radius 3 is 2.93 bits per heavy atom. The van der Waals surface area contributed by atoms with E-state index in [9.17, 15) is 4.79 Å². The van der Waals surface area contributed by atoms with Crippen LogP contribution in [0.1, 0.15) is 15.9 Å². The summed E-state index contributed by atoms with van der Waals surface area (Å²) in [6.45, 7) is 1.87. The van der Waals surface area contributed by atoms with Gasteiger partial charge in [-0.05, 0) is 18.6 Å². The Morgan fingerprint density at radius 2 is 2.27 bits per heavy atom. The molecule has 0 saturated heterocycles. The highest BCUT2D eigenvalue weighted by Crippen LogP contribution is 2.23. The number of rotatable bonds is 2. The van der Waals surface area contributed by atoms with Gasteiger partial charge in [-0.15, -0.1) is 0 Å². The number of carboxylic acid groups (broad SMARTS) is 1. The Labute approximate surface area is 85.8 Å². The number of aromatic nitrogens is 3. The molecular formula is C10H9N3O2. The van der Waals surface area contributed by atoms with Crippen molar-refractivity contribution >= 4 is 5.97 Å². The van der Waals surface area contributed by atoms with Crippen LogP contribution in [0, 0.1) is 6.92 Å². The maximum atomic E-state index is 10.9. The van der Waals surface area contributed by atoms with Gasteiger partial charge < -0.3 is 5.11 Å².